The van der Waals surface area contributed by atoms with Crippen LogP contribution in [0.25, 0.3) is 21.8 Å². The van der Waals surface area contributed by atoms with Crippen LogP contribution in [0.1, 0.15) is 26.3 Å². The highest BCUT2D eigenvalue weighted by atomic mass is 16.6. The van der Waals surface area contributed by atoms with Crippen LogP contribution in [-0.2, 0) is 4.74 Å². The molecule has 1 aromatic heterocycles. The number of carbonyl (C=O) groups excluding carboxylic acids is 1. The molecule has 1 amide bonds. The molecule has 2 N–H and O–H groups in total. The number of hydrogen-bond donors (Lipinski definition) is 2. The number of nitrogens with one attached hydrogen (secondary N) is 2. The van der Waals surface area contributed by atoms with Gasteiger partial charge in [-0.1, -0.05) is 18.2 Å². The van der Waals surface area contributed by atoms with Crippen molar-refractivity contribution in [2.24, 2.45) is 0 Å². The van der Waals surface area contributed by atoms with E-state index in [2.05, 4.69) is 35.4 Å². The third-order valence-corrected chi connectivity index (χ3v) is 3.40. The van der Waals surface area contributed by atoms with E-state index in [1.54, 1.807) is 0 Å². The van der Waals surface area contributed by atoms with E-state index >= 15 is 0 Å². The number of aromatic amines is 1. The topological polar surface area (TPSA) is 54.1 Å². The molecule has 4 heteroatoms. The normalized spacial score (nSPS) is 11.8. The first-order valence-electron chi connectivity index (χ1n) is 7.34. The van der Waals surface area contributed by atoms with Crippen molar-refractivity contribution in [2.45, 2.75) is 33.3 Å². The Morgan fingerprint density at radius 3 is 2.36 bits per heavy atom. The third-order valence-electron chi connectivity index (χ3n) is 3.40. The Balaban J connectivity index is 1.93. The number of H-pyrrole nitrogens is 1. The van der Waals surface area contributed by atoms with Crippen molar-refractivity contribution in [1.29, 1.82) is 0 Å². The van der Waals surface area contributed by atoms with Gasteiger partial charge in [0.25, 0.3) is 0 Å². The number of ether oxygens (including phenoxy) is 1. The first kappa shape index (κ1) is 14.4. The number of carbonyl (C=O) groups is 1. The van der Waals surface area contributed by atoms with Crippen molar-refractivity contribution >= 4 is 33.6 Å². The van der Waals surface area contributed by atoms with Crippen LogP contribution >= 0.6 is 0 Å². The second-order valence-corrected chi connectivity index (χ2v) is 6.56. The Bertz CT molecular complexity index is 857. The van der Waals surface area contributed by atoms with Gasteiger partial charge < -0.3 is 9.72 Å². The van der Waals surface area contributed by atoms with Gasteiger partial charge in [0.1, 0.15) is 5.60 Å². The Labute approximate surface area is 129 Å². The molecule has 0 aliphatic carbocycles. The summed E-state index contributed by atoms with van der Waals surface area (Å²) in [6, 6.07) is 12.2. The summed E-state index contributed by atoms with van der Waals surface area (Å²) in [5.41, 5.74) is 3.52. The van der Waals surface area contributed by atoms with Gasteiger partial charge in [0.2, 0.25) is 0 Å². The summed E-state index contributed by atoms with van der Waals surface area (Å²) >= 11 is 0. The van der Waals surface area contributed by atoms with Crippen LogP contribution in [0.5, 0.6) is 0 Å². The van der Waals surface area contributed by atoms with Crippen LogP contribution in [0.2, 0.25) is 0 Å². The molecule has 3 aromatic rings. The van der Waals surface area contributed by atoms with Crippen molar-refractivity contribution in [2.75, 3.05) is 5.32 Å². The zero-order valence-electron chi connectivity index (χ0n) is 13.3. The highest BCUT2D eigenvalue weighted by molar-refractivity contribution is 6.08. The molecule has 1 heterocycles. The Morgan fingerprint density at radius 1 is 1.05 bits per heavy atom. The smallest absolute Gasteiger partial charge is 0.412 e. The highest BCUT2D eigenvalue weighted by Crippen LogP contribution is 2.28. The maximum absolute atomic E-state index is 11.8. The first-order chi connectivity index (χ1) is 10.3. The lowest BCUT2D eigenvalue weighted by Gasteiger charge is -2.19. The van der Waals surface area contributed by atoms with Gasteiger partial charge in [-0.25, -0.2) is 4.79 Å². The number of anilines is 1. The van der Waals surface area contributed by atoms with E-state index in [4.69, 9.17) is 4.74 Å². The van der Waals surface area contributed by atoms with Gasteiger partial charge in [-0.3, -0.25) is 5.32 Å². The highest BCUT2D eigenvalue weighted by Gasteiger charge is 2.16. The number of fused-ring (bicyclic) bond motifs is 3. The van der Waals surface area contributed by atoms with Crippen LogP contribution in [0.4, 0.5) is 10.5 Å². The summed E-state index contributed by atoms with van der Waals surface area (Å²) in [6.07, 6.45) is -0.446. The summed E-state index contributed by atoms with van der Waals surface area (Å²) in [6.45, 7) is 7.60. The minimum atomic E-state index is -0.507. The molecule has 0 unspecified atom stereocenters. The molecule has 114 valence electrons. The van der Waals surface area contributed by atoms with Gasteiger partial charge >= 0.3 is 6.09 Å². The fourth-order valence-electron chi connectivity index (χ4n) is 2.52. The average Bonchev–Trinajstić information content (AvgIpc) is 2.72. The fraction of sp³-hybridized carbons (Fsp3) is 0.278. The second kappa shape index (κ2) is 5.05. The maximum atomic E-state index is 11.8. The lowest BCUT2D eigenvalue weighted by molar-refractivity contribution is 0.0636. The summed E-state index contributed by atoms with van der Waals surface area (Å²) in [7, 11) is 0. The van der Waals surface area contributed by atoms with Gasteiger partial charge in [0, 0.05) is 27.5 Å². The monoisotopic (exact) mass is 296 g/mol. The number of aryl methyl sites for hydroxylation is 1. The lowest BCUT2D eigenvalue weighted by atomic mass is 10.1. The number of rotatable bonds is 1. The minimum Gasteiger partial charge on any atom is -0.444 e. The zero-order chi connectivity index (χ0) is 15.9. The summed E-state index contributed by atoms with van der Waals surface area (Å²) < 4.78 is 5.27. The predicted molar refractivity (Wildman–Crippen MR) is 90.4 cm³/mol. The molecule has 0 radical (unpaired) electrons. The molecule has 0 aliphatic heterocycles. The van der Waals surface area contributed by atoms with Crippen molar-refractivity contribution in [3.63, 3.8) is 0 Å². The summed E-state index contributed by atoms with van der Waals surface area (Å²) in [5.74, 6) is 0. The molecule has 22 heavy (non-hydrogen) atoms. The van der Waals surface area contributed by atoms with Gasteiger partial charge in [-0.15, -0.1) is 0 Å². The van der Waals surface area contributed by atoms with Crippen LogP contribution in [-0.4, -0.2) is 16.7 Å². The van der Waals surface area contributed by atoms with E-state index in [0.29, 0.717) is 5.69 Å². The Kier molecular flexibility index (Phi) is 3.32. The van der Waals surface area contributed by atoms with E-state index in [-0.39, 0.29) is 0 Å². The van der Waals surface area contributed by atoms with Crippen molar-refractivity contribution in [3.05, 3.63) is 42.0 Å². The summed E-state index contributed by atoms with van der Waals surface area (Å²) in [5, 5.41) is 5.09. The molecule has 0 spiro atoms. The van der Waals surface area contributed by atoms with E-state index in [0.717, 1.165) is 16.4 Å². The molecule has 0 fully saturated rings. The largest absolute Gasteiger partial charge is 0.444 e. The quantitative estimate of drug-likeness (QED) is 0.665. The van der Waals surface area contributed by atoms with E-state index in [1.165, 1.54) is 10.9 Å². The molecule has 0 bridgehead atoms. The molecular formula is C18H20N2O2. The molecular weight excluding hydrogens is 276 g/mol. The number of hydrogen-bond acceptors (Lipinski definition) is 2. The second-order valence-electron chi connectivity index (χ2n) is 6.56. The van der Waals surface area contributed by atoms with Crippen molar-refractivity contribution in [3.8, 4) is 0 Å². The van der Waals surface area contributed by atoms with E-state index < -0.39 is 11.7 Å². The fourth-order valence-corrected chi connectivity index (χ4v) is 2.52. The molecule has 0 atom stereocenters. The molecule has 0 saturated heterocycles. The average molecular weight is 296 g/mol. The number of amides is 1. The Hall–Kier alpha value is -2.49. The molecule has 4 nitrogen and oxygen atoms in total. The maximum Gasteiger partial charge on any atom is 0.412 e. The number of aromatic nitrogens is 1. The van der Waals surface area contributed by atoms with Crippen LogP contribution < -0.4 is 5.32 Å². The van der Waals surface area contributed by atoms with Gasteiger partial charge in [-0.05, 0) is 51.5 Å². The first-order valence-corrected chi connectivity index (χ1v) is 7.34. The number of benzene rings is 2. The summed E-state index contributed by atoms with van der Waals surface area (Å²) in [4.78, 5) is 15.2. The zero-order valence-corrected chi connectivity index (χ0v) is 13.3. The lowest BCUT2D eigenvalue weighted by Crippen LogP contribution is -2.27. The van der Waals surface area contributed by atoms with Gasteiger partial charge in [0.15, 0.2) is 0 Å². The van der Waals surface area contributed by atoms with Crippen LogP contribution in [0.3, 0.4) is 0 Å². The van der Waals surface area contributed by atoms with E-state index in [9.17, 15) is 4.79 Å². The minimum absolute atomic E-state index is 0.446. The predicted octanol–water partition coefficient (Wildman–Crippen LogP) is 4.98. The van der Waals surface area contributed by atoms with Crippen LogP contribution in [0, 0.1) is 6.92 Å². The van der Waals surface area contributed by atoms with Crippen molar-refractivity contribution < 1.29 is 9.53 Å². The van der Waals surface area contributed by atoms with Crippen LogP contribution in [0.15, 0.2) is 36.4 Å². The van der Waals surface area contributed by atoms with Gasteiger partial charge in [0.05, 0.1) is 0 Å². The van der Waals surface area contributed by atoms with E-state index in [1.807, 2.05) is 39.0 Å². The molecule has 0 saturated carbocycles. The molecule has 3 rings (SSSR count). The third kappa shape index (κ3) is 2.91. The standard InChI is InChI=1S/C18H20N2O2/c1-11-5-7-13-14-8-6-12(10-16(14)20-15(13)9-11)19-17(21)22-18(2,3)4/h5-10,20H,1-4H3,(H,19,21). The SMILES string of the molecule is Cc1ccc2c(c1)[nH]c1cc(NC(=O)OC(C)(C)C)ccc12. The van der Waals surface area contributed by atoms with Gasteiger partial charge in [-0.2, -0.15) is 0 Å². The Morgan fingerprint density at radius 2 is 1.68 bits per heavy atom. The molecule has 2 aromatic carbocycles. The van der Waals surface area contributed by atoms with Crippen molar-refractivity contribution in [1.82, 2.24) is 4.98 Å². The molecule has 0 aliphatic rings.